The minimum absolute atomic E-state index is 0.0364. The summed E-state index contributed by atoms with van der Waals surface area (Å²) in [5, 5.41) is 5.23. The second-order valence-electron chi connectivity index (χ2n) is 7.11. The summed E-state index contributed by atoms with van der Waals surface area (Å²) in [6.45, 7) is 6.58. The predicted octanol–water partition coefficient (Wildman–Crippen LogP) is 4.73. The molecule has 0 heterocycles. The van der Waals surface area contributed by atoms with Crippen molar-refractivity contribution >= 4 is 27.6 Å². The second kappa shape index (κ2) is 5.48. The number of rotatable bonds is 3. The van der Waals surface area contributed by atoms with Crippen LogP contribution in [0.15, 0.2) is 29.4 Å². The van der Waals surface area contributed by atoms with Crippen molar-refractivity contribution in [2.45, 2.75) is 40.0 Å². The summed E-state index contributed by atoms with van der Waals surface area (Å²) in [5.74, 6) is 0.258. The van der Waals surface area contributed by atoms with Crippen molar-refractivity contribution in [1.29, 1.82) is 0 Å². The van der Waals surface area contributed by atoms with E-state index < -0.39 is 0 Å². The monoisotopic (exact) mass is 363 g/mol. The van der Waals surface area contributed by atoms with E-state index in [9.17, 15) is 4.79 Å². The predicted molar refractivity (Wildman–Crippen MR) is 91.4 cm³/mol. The van der Waals surface area contributed by atoms with E-state index in [2.05, 4.69) is 34.9 Å². The largest absolute Gasteiger partial charge is 0.365 e. The Labute approximate surface area is 140 Å². The highest BCUT2D eigenvalue weighted by atomic mass is 79.9. The number of hydrogen-bond acceptors (Lipinski definition) is 3. The van der Waals surface area contributed by atoms with Gasteiger partial charge in [-0.05, 0) is 49.7 Å². The fourth-order valence-corrected chi connectivity index (χ4v) is 5.09. The number of aryl methyl sites for hydroxylation is 1. The highest BCUT2D eigenvalue weighted by Gasteiger charge is 2.62. The Hall–Kier alpha value is -1.16. The lowest BCUT2D eigenvalue weighted by atomic mass is 9.70. The minimum Gasteiger partial charge on any atom is -0.313 e. The number of hydrogen-bond donors (Lipinski definition) is 0. The maximum atomic E-state index is 12.1. The first kappa shape index (κ1) is 15.7. The standard InChI is InChI=1S/C18H22BrNO2/c1-12-4-6-13(7-5-12)16(21)22-20-15-10-14-8-9-17(15,2)18(14,3)11-19/h4-7,14H,8-11H2,1-3H3/b20-15+/t14-,17-,18-/m1/s1. The van der Waals surface area contributed by atoms with Crippen LogP contribution in [0.1, 0.15) is 49.0 Å². The molecule has 0 spiro atoms. The first-order valence-electron chi connectivity index (χ1n) is 7.82. The molecule has 2 aliphatic carbocycles. The van der Waals surface area contributed by atoms with Crippen LogP contribution in [-0.2, 0) is 4.84 Å². The van der Waals surface area contributed by atoms with E-state index in [1.165, 1.54) is 6.42 Å². The van der Waals surface area contributed by atoms with Gasteiger partial charge in [0.05, 0.1) is 11.3 Å². The third-order valence-electron chi connectivity index (χ3n) is 6.03. The molecule has 0 aliphatic heterocycles. The molecule has 0 aromatic heterocycles. The Morgan fingerprint density at radius 2 is 2.05 bits per heavy atom. The number of carbonyl (C=O) groups excluding carboxylic acids is 1. The van der Waals surface area contributed by atoms with Crippen LogP contribution in [0.2, 0.25) is 0 Å². The van der Waals surface area contributed by atoms with Crippen LogP contribution in [0.4, 0.5) is 0 Å². The number of carbonyl (C=O) groups is 1. The third kappa shape index (κ3) is 2.23. The summed E-state index contributed by atoms with van der Waals surface area (Å²) in [5.41, 5.74) is 2.96. The summed E-state index contributed by atoms with van der Waals surface area (Å²) in [4.78, 5) is 17.4. The summed E-state index contributed by atoms with van der Waals surface area (Å²) in [7, 11) is 0. The second-order valence-corrected chi connectivity index (χ2v) is 7.67. The van der Waals surface area contributed by atoms with Gasteiger partial charge in [-0.15, -0.1) is 0 Å². The zero-order valence-corrected chi connectivity index (χ0v) is 14.9. The number of halogens is 1. The maximum Gasteiger partial charge on any atom is 0.365 e. The Kier molecular flexibility index (Phi) is 3.92. The van der Waals surface area contributed by atoms with Gasteiger partial charge >= 0.3 is 5.97 Å². The molecule has 0 radical (unpaired) electrons. The molecule has 2 saturated carbocycles. The molecule has 0 N–H and O–H groups in total. The summed E-state index contributed by atoms with van der Waals surface area (Å²) < 4.78 is 0. The van der Waals surface area contributed by atoms with Crippen LogP contribution < -0.4 is 0 Å². The average Bonchev–Trinajstić information content (AvgIpc) is 2.89. The molecular formula is C18H22BrNO2. The van der Waals surface area contributed by atoms with Gasteiger partial charge in [-0.2, -0.15) is 0 Å². The smallest absolute Gasteiger partial charge is 0.313 e. The van der Waals surface area contributed by atoms with Crippen molar-refractivity contribution < 1.29 is 9.63 Å². The number of oxime groups is 1. The Bertz CT molecular complexity index is 624. The van der Waals surface area contributed by atoms with Crippen molar-refractivity contribution in [2.24, 2.45) is 21.9 Å². The highest BCUT2D eigenvalue weighted by Crippen LogP contribution is 2.64. The van der Waals surface area contributed by atoms with Crippen LogP contribution in [0.25, 0.3) is 0 Å². The van der Waals surface area contributed by atoms with E-state index in [0.29, 0.717) is 11.5 Å². The van der Waals surface area contributed by atoms with Crippen molar-refractivity contribution in [3.63, 3.8) is 0 Å². The normalized spacial score (nSPS) is 35.1. The van der Waals surface area contributed by atoms with E-state index in [1.807, 2.05) is 19.1 Å². The van der Waals surface area contributed by atoms with Gasteiger partial charge in [-0.25, -0.2) is 4.79 Å². The topological polar surface area (TPSA) is 38.7 Å². The zero-order valence-electron chi connectivity index (χ0n) is 13.4. The van der Waals surface area contributed by atoms with Gasteiger partial charge in [-0.1, -0.05) is 52.6 Å². The van der Waals surface area contributed by atoms with Gasteiger partial charge < -0.3 is 4.84 Å². The van der Waals surface area contributed by atoms with Crippen molar-refractivity contribution in [3.8, 4) is 0 Å². The first-order chi connectivity index (χ1) is 10.4. The van der Waals surface area contributed by atoms with Gasteiger partial charge in [0.1, 0.15) is 0 Å². The molecule has 0 unspecified atom stereocenters. The first-order valence-corrected chi connectivity index (χ1v) is 8.94. The minimum atomic E-state index is -0.376. The highest BCUT2D eigenvalue weighted by molar-refractivity contribution is 9.09. The van der Waals surface area contributed by atoms with Crippen LogP contribution in [0.5, 0.6) is 0 Å². The molecule has 0 saturated heterocycles. The molecule has 118 valence electrons. The van der Waals surface area contributed by atoms with Crippen LogP contribution >= 0.6 is 15.9 Å². The lowest BCUT2D eigenvalue weighted by molar-refractivity contribution is 0.0508. The molecule has 1 aromatic carbocycles. The van der Waals surface area contributed by atoms with E-state index in [-0.39, 0.29) is 16.8 Å². The van der Waals surface area contributed by atoms with Crippen LogP contribution in [-0.4, -0.2) is 17.0 Å². The molecule has 1 aromatic rings. The van der Waals surface area contributed by atoms with Crippen molar-refractivity contribution in [2.75, 3.05) is 5.33 Å². The van der Waals surface area contributed by atoms with Gasteiger partial charge in [0.2, 0.25) is 0 Å². The zero-order chi connectivity index (χ0) is 16.0. The molecule has 2 bridgehead atoms. The van der Waals surface area contributed by atoms with E-state index >= 15 is 0 Å². The molecule has 0 amide bonds. The number of nitrogens with zero attached hydrogens (tertiary/aromatic N) is 1. The third-order valence-corrected chi connectivity index (χ3v) is 7.20. The van der Waals surface area contributed by atoms with Gasteiger partial charge in [-0.3, -0.25) is 0 Å². The van der Waals surface area contributed by atoms with Crippen LogP contribution in [0.3, 0.4) is 0 Å². The van der Waals surface area contributed by atoms with Crippen molar-refractivity contribution in [1.82, 2.24) is 0 Å². The molecule has 3 nitrogen and oxygen atoms in total. The summed E-state index contributed by atoms with van der Waals surface area (Å²) in [6.07, 6.45) is 3.31. The molecular weight excluding hydrogens is 342 g/mol. The van der Waals surface area contributed by atoms with E-state index in [4.69, 9.17) is 4.84 Å². The van der Waals surface area contributed by atoms with E-state index in [1.54, 1.807) is 12.1 Å². The fourth-order valence-electron chi connectivity index (χ4n) is 4.01. The Balaban J connectivity index is 1.77. The van der Waals surface area contributed by atoms with Gasteiger partial charge in [0.25, 0.3) is 0 Å². The summed E-state index contributed by atoms with van der Waals surface area (Å²) in [6, 6.07) is 7.38. The number of benzene rings is 1. The number of fused-ring (bicyclic) bond motifs is 2. The lowest BCUT2D eigenvalue weighted by Crippen LogP contribution is -2.36. The lowest BCUT2D eigenvalue weighted by Gasteiger charge is -2.36. The average molecular weight is 364 g/mol. The van der Waals surface area contributed by atoms with Crippen molar-refractivity contribution in [3.05, 3.63) is 35.4 Å². The fraction of sp³-hybridized carbons (Fsp3) is 0.556. The molecule has 2 aliphatic rings. The van der Waals surface area contributed by atoms with Gasteiger partial charge in [0, 0.05) is 10.7 Å². The molecule has 22 heavy (non-hydrogen) atoms. The van der Waals surface area contributed by atoms with E-state index in [0.717, 1.165) is 29.4 Å². The Morgan fingerprint density at radius 1 is 1.36 bits per heavy atom. The molecule has 2 fully saturated rings. The quantitative estimate of drug-likeness (QED) is 0.442. The van der Waals surface area contributed by atoms with Gasteiger partial charge in [0.15, 0.2) is 0 Å². The number of alkyl halides is 1. The van der Waals surface area contributed by atoms with Crippen LogP contribution in [0, 0.1) is 23.7 Å². The molecule has 4 heteroatoms. The summed E-state index contributed by atoms with van der Waals surface area (Å²) >= 11 is 3.68. The Morgan fingerprint density at radius 3 is 2.64 bits per heavy atom. The molecule has 3 atom stereocenters. The SMILES string of the molecule is Cc1ccc(C(=O)O/N=C2\C[C@H]3CC[C@@]2(C)[C@]3(C)CBr)cc1. The molecule has 3 rings (SSSR count). The maximum absolute atomic E-state index is 12.1.